The summed E-state index contributed by atoms with van der Waals surface area (Å²) >= 11 is 0. The maximum absolute atomic E-state index is 11.8. The molecular formula is C13H13NO4. The number of ether oxygens (including phenoxy) is 1. The fourth-order valence-corrected chi connectivity index (χ4v) is 1.94. The maximum Gasteiger partial charge on any atom is 0.322 e. The van der Waals surface area contributed by atoms with E-state index in [1.165, 1.54) is 7.11 Å². The molecule has 0 saturated heterocycles. The lowest BCUT2D eigenvalue weighted by atomic mass is 9.88. The second-order valence-electron chi connectivity index (χ2n) is 3.99. The third-order valence-corrected chi connectivity index (χ3v) is 2.77. The van der Waals surface area contributed by atoms with Crippen LogP contribution in [0.25, 0.3) is 0 Å². The third-order valence-electron chi connectivity index (χ3n) is 2.77. The molecule has 1 heterocycles. The minimum Gasteiger partial charge on any atom is -0.468 e. The molecule has 0 saturated carbocycles. The molecule has 0 bridgehead atoms. The molecule has 0 spiro atoms. The number of rotatable bonds is 2. The molecule has 5 heteroatoms. The lowest BCUT2D eigenvalue weighted by molar-refractivity contribution is -0.147. The fraction of sp³-hybridized carbons (Fsp3) is 0.308. The summed E-state index contributed by atoms with van der Waals surface area (Å²) in [5.41, 5.74) is 0.909. The van der Waals surface area contributed by atoms with Crippen LogP contribution in [-0.4, -0.2) is 35.9 Å². The van der Waals surface area contributed by atoms with Crippen LogP contribution in [0.4, 0.5) is 0 Å². The number of hydrogen-bond acceptors (Lipinski definition) is 5. The number of aliphatic imine (C=N–C) groups is 1. The first-order valence-corrected chi connectivity index (χ1v) is 5.55. The SMILES string of the molecule is COC(=O)C1C(=O)CC(O)N=C1c1ccccc1. The van der Waals surface area contributed by atoms with Crippen LogP contribution in [0.3, 0.4) is 0 Å². The zero-order chi connectivity index (χ0) is 13.1. The van der Waals surface area contributed by atoms with Crippen molar-refractivity contribution in [2.75, 3.05) is 7.11 Å². The van der Waals surface area contributed by atoms with Crippen molar-refractivity contribution in [2.24, 2.45) is 10.9 Å². The van der Waals surface area contributed by atoms with Gasteiger partial charge in [0.15, 0.2) is 17.9 Å². The summed E-state index contributed by atoms with van der Waals surface area (Å²) in [5, 5.41) is 9.52. The van der Waals surface area contributed by atoms with E-state index in [9.17, 15) is 14.7 Å². The van der Waals surface area contributed by atoms with Crippen LogP contribution >= 0.6 is 0 Å². The predicted octanol–water partition coefficient (Wildman–Crippen LogP) is 0.556. The first-order valence-electron chi connectivity index (χ1n) is 5.55. The molecule has 1 aliphatic heterocycles. The van der Waals surface area contributed by atoms with Gasteiger partial charge in [-0.05, 0) is 5.56 Å². The molecule has 18 heavy (non-hydrogen) atoms. The van der Waals surface area contributed by atoms with Crippen molar-refractivity contribution in [3.63, 3.8) is 0 Å². The van der Waals surface area contributed by atoms with E-state index in [1.807, 2.05) is 6.07 Å². The molecule has 0 amide bonds. The first-order chi connectivity index (χ1) is 8.63. The van der Waals surface area contributed by atoms with Gasteiger partial charge in [0.05, 0.1) is 19.2 Å². The maximum atomic E-state index is 11.8. The van der Waals surface area contributed by atoms with Gasteiger partial charge in [-0.15, -0.1) is 0 Å². The second-order valence-corrected chi connectivity index (χ2v) is 3.99. The number of methoxy groups -OCH3 is 1. The molecule has 0 aromatic heterocycles. The highest BCUT2D eigenvalue weighted by molar-refractivity contribution is 6.25. The van der Waals surface area contributed by atoms with E-state index in [0.29, 0.717) is 5.56 Å². The Labute approximate surface area is 104 Å². The van der Waals surface area contributed by atoms with E-state index >= 15 is 0 Å². The van der Waals surface area contributed by atoms with Crippen molar-refractivity contribution in [1.82, 2.24) is 0 Å². The Bertz CT molecular complexity index is 495. The first kappa shape index (κ1) is 12.4. The van der Waals surface area contributed by atoms with E-state index in [1.54, 1.807) is 24.3 Å². The summed E-state index contributed by atoms with van der Waals surface area (Å²) in [6, 6.07) is 8.84. The van der Waals surface area contributed by atoms with Crippen molar-refractivity contribution in [3.8, 4) is 0 Å². The molecule has 1 aliphatic rings. The van der Waals surface area contributed by atoms with E-state index in [4.69, 9.17) is 0 Å². The molecule has 94 valence electrons. The van der Waals surface area contributed by atoms with Crippen molar-refractivity contribution in [1.29, 1.82) is 0 Å². The Morgan fingerprint density at radius 3 is 2.67 bits per heavy atom. The molecule has 0 aliphatic carbocycles. The quantitative estimate of drug-likeness (QED) is 0.612. The van der Waals surface area contributed by atoms with Gasteiger partial charge in [-0.1, -0.05) is 30.3 Å². The van der Waals surface area contributed by atoms with Gasteiger partial charge in [0.25, 0.3) is 0 Å². The Morgan fingerprint density at radius 2 is 2.06 bits per heavy atom. The molecule has 0 radical (unpaired) electrons. The van der Waals surface area contributed by atoms with E-state index in [2.05, 4.69) is 9.73 Å². The van der Waals surface area contributed by atoms with Crippen LogP contribution in [0.5, 0.6) is 0 Å². The van der Waals surface area contributed by atoms with Crippen molar-refractivity contribution in [3.05, 3.63) is 35.9 Å². The summed E-state index contributed by atoms with van der Waals surface area (Å²) in [6.07, 6.45) is -1.25. The van der Waals surface area contributed by atoms with Crippen LogP contribution in [0.2, 0.25) is 0 Å². The van der Waals surface area contributed by atoms with Gasteiger partial charge in [0.1, 0.15) is 0 Å². The Hall–Kier alpha value is -2.01. The van der Waals surface area contributed by atoms with Crippen LogP contribution in [-0.2, 0) is 14.3 Å². The van der Waals surface area contributed by atoms with Crippen molar-refractivity contribution < 1.29 is 19.4 Å². The molecule has 2 atom stereocenters. The van der Waals surface area contributed by atoms with Crippen molar-refractivity contribution in [2.45, 2.75) is 12.6 Å². The summed E-state index contributed by atoms with van der Waals surface area (Å²) in [6.45, 7) is 0. The van der Waals surface area contributed by atoms with Crippen LogP contribution in [0.1, 0.15) is 12.0 Å². The summed E-state index contributed by atoms with van der Waals surface area (Å²) in [7, 11) is 1.23. The Balaban J connectivity index is 2.45. The molecule has 2 rings (SSSR count). The predicted molar refractivity (Wildman–Crippen MR) is 64.1 cm³/mol. The Kier molecular flexibility index (Phi) is 3.53. The third kappa shape index (κ3) is 2.31. The highest BCUT2D eigenvalue weighted by Gasteiger charge is 2.38. The number of carbonyl (C=O) groups excluding carboxylic acids is 2. The monoisotopic (exact) mass is 247 g/mol. The normalized spacial score (nSPS) is 23.4. The number of aliphatic hydroxyl groups excluding tert-OH is 1. The second kappa shape index (κ2) is 5.10. The van der Waals surface area contributed by atoms with Crippen LogP contribution in [0.15, 0.2) is 35.3 Å². The average molecular weight is 247 g/mol. The van der Waals surface area contributed by atoms with E-state index in [-0.39, 0.29) is 17.9 Å². The number of nitrogens with zero attached hydrogens (tertiary/aromatic N) is 1. The van der Waals surface area contributed by atoms with Crippen LogP contribution in [0, 0.1) is 5.92 Å². The van der Waals surface area contributed by atoms with Crippen molar-refractivity contribution >= 4 is 17.5 Å². The van der Waals surface area contributed by atoms with Crippen LogP contribution < -0.4 is 0 Å². The standard InChI is InChI=1S/C13H13NO4/c1-18-13(17)11-9(15)7-10(16)14-12(11)8-5-3-2-4-6-8/h2-6,10-11,16H,7H2,1H3. The number of Topliss-reactive ketones (excluding diaryl/α,β-unsaturated/α-hetero) is 1. The fourth-order valence-electron chi connectivity index (χ4n) is 1.94. The molecule has 5 nitrogen and oxygen atoms in total. The molecular weight excluding hydrogens is 234 g/mol. The number of carbonyl (C=O) groups is 2. The van der Waals surface area contributed by atoms with E-state index in [0.717, 1.165) is 0 Å². The number of aliphatic hydroxyl groups is 1. The summed E-state index contributed by atoms with van der Waals surface area (Å²) in [5.74, 6) is -2.06. The smallest absolute Gasteiger partial charge is 0.322 e. The Morgan fingerprint density at radius 1 is 1.39 bits per heavy atom. The van der Waals surface area contributed by atoms with Gasteiger partial charge in [-0.2, -0.15) is 0 Å². The topological polar surface area (TPSA) is 76.0 Å². The molecule has 1 aromatic carbocycles. The largest absolute Gasteiger partial charge is 0.468 e. The minimum absolute atomic E-state index is 0.157. The lowest BCUT2D eigenvalue weighted by Crippen LogP contribution is -2.39. The number of esters is 1. The molecule has 1 aromatic rings. The van der Waals surface area contributed by atoms with E-state index < -0.39 is 18.1 Å². The lowest BCUT2D eigenvalue weighted by Gasteiger charge is -2.22. The van der Waals surface area contributed by atoms with Gasteiger partial charge in [0.2, 0.25) is 0 Å². The van der Waals surface area contributed by atoms with Gasteiger partial charge in [0, 0.05) is 0 Å². The average Bonchev–Trinajstić information content (AvgIpc) is 2.38. The molecule has 0 fully saturated rings. The highest BCUT2D eigenvalue weighted by Crippen LogP contribution is 2.21. The summed E-state index contributed by atoms with van der Waals surface area (Å²) in [4.78, 5) is 27.5. The summed E-state index contributed by atoms with van der Waals surface area (Å²) < 4.78 is 4.62. The number of ketones is 1. The molecule has 1 N–H and O–H groups in total. The minimum atomic E-state index is -1.09. The molecule has 2 unspecified atom stereocenters. The zero-order valence-corrected chi connectivity index (χ0v) is 9.87. The van der Waals surface area contributed by atoms with Gasteiger partial charge in [-0.3, -0.25) is 14.6 Å². The van der Waals surface area contributed by atoms with Gasteiger partial charge < -0.3 is 9.84 Å². The number of hydrogen-bond donors (Lipinski definition) is 1. The zero-order valence-electron chi connectivity index (χ0n) is 9.87. The number of benzene rings is 1. The van der Waals surface area contributed by atoms with Gasteiger partial charge in [-0.25, -0.2) is 0 Å². The highest BCUT2D eigenvalue weighted by atomic mass is 16.5. The van der Waals surface area contributed by atoms with Gasteiger partial charge >= 0.3 is 5.97 Å².